The smallest absolute Gasteiger partial charge is 0.273 e. The second-order valence-corrected chi connectivity index (χ2v) is 5.80. The van der Waals surface area contributed by atoms with E-state index in [1.165, 1.54) is 18.2 Å². The first-order valence-corrected chi connectivity index (χ1v) is 7.67. The number of hydrogen-bond acceptors (Lipinski definition) is 4. The number of halogens is 1. The summed E-state index contributed by atoms with van der Waals surface area (Å²) in [5.74, 6) is -0.0200. The van der Waals surface area contributed by atoms with Crippen LogP contribution in [-0.4, -0.2) is 17.4 Å². The van der Waals surface area contributed by atoms with Crippen LogP contribution in [0.25, 0.3) is 0 Å². The van der Waals surface area contributed by atoms with E-state index >= 15 is 0 Å². The minimum atomic E-state index is -0.512. The number of nitro benzene ring substituents is 1. The Balaban J connectivity index is 1.90. The van der Waals surface area contributed by atoms with E-state index in [4.69, 9.17) is 4.74 Å². The molecule has 2 aromatic rings. The Bertz CT molecular complexity index is 721. The van der Waals surface area contributed by atoms with Gasteiger partial charge in [-0.2, -0.15) is 0 Å². The predicted molar refractivity (Wildman–Crippen MR) is 89.3 cm³/mol. The molecule has 6 nitrogen and oxygen atoms in total. The van der Waals surface area contributed by atoms with Crippen molar-refractivity contribution in [3.8, 4) is 5.75 Å². The van der Waals surface area contributed by atoms with Gasteiger partial charge >= 0.3 is 0 Å². The van der Waals surface area contributed by atoms with Crippen LogP contribution in [0.2, 0.25) is 0 Å². The van der Waals surface area contributed by atoms with Crippen molar-refractivity contribution >= 4 is 27.5 Å². The average Bonchev–Trinajstić information content (AvgIpc) is 2.53. The van der Waals surface area contributed by atoms with Gasteiger partial charge in [0.25, 0.3) is 11.6 Å². The van der Waals surface area contributed by atoms with E-state index in [1.807, 2.05) is 31.2 Å². The van der Waals surface area contributed by atoms with Crippen LogP contribution in [0.4, 0.5) is 5.69 Å². The third kappa shape index (κ3) is 5.07. The Morgan fingerprint density at radius 2 is 2.04 bits per heavy atom. The average molecular weight is 379 g/mol. The molecule has 1 amide bonds. The number of amides is 1. The van der Waals surface area contributed by atoms with E-state index in [-0.39, 0.29) is 30.0 Å². The number of carbonyl (C=O) groups excluding carboxylic acids is 1. The highest BCUT2D eigenvalue weighted by molar-refractivity contribution is 9.10. The molecule has 0 fully saturated rings. The van der Waals surface area contributed by atoms with Gasteiger partial charge in [0.15, 0.2) is 6.61 Å². The number of rotatable bonds is 6. The van der Waals surface area contributed by atoms with Gasteiger partial charge in [0.2, 0.25) is 0 Å². The molecule has 23 heavy (non-hydrogen) atoms. The van der Waals surface area contributed by atoms with Crippen LogP contribution < -0.4 is 10.1 Å². The molecule has 0 saturated heterocycles. The van der Waals surface area contributed by atoms with Crippen LogP contribution in [0.15, 0.2) is 53.0 Å². The van der Waals surface area contributed by atoms with Gasteiger partial charge in [-0.3, -0.25) is 14.9 Å². The standard InChI is InChI=1S/C16H15BrN2O4/c1-11(12-4-2-5-13(17)8-12)18-16(20)10-23-15-7-3-6-14(9-15)19(21)22/h2-9,11H,10H2,1H3,(H,18,20)/t11-/m1/s1. The topological polar surface area (TPSA) is 81.5 Å². The largest absolute Gasteiger partial charge is 0.484 e. The molecule has 2 rings (SSSR count). The van der Waals surface area contributed by atoms with Crippen molar-refractivity contribution < 1.29 is 14.5 Å². The van der Waals surface area contributed by atoms with Crippen LogP contribution in [0.5, 0.6) is 5.75 Å². The molecule has 0 spiro atoms. The Labute approximate surface area is 141 Å². The van der Waals surface area contributed by atoms with Crippen LogP contribution in [-0.2, 0) is 4.79 Å². The lowest BCUT2D eigenvalue weighted by atomic mass is 10.1. The monoisotopic (exact) mass is 378 g/mol. The van der Waals surface area contributed by atoms with Gasteiger partial charge in [-0.25, -0.2) is 0 Å². The third-order valence-electron chi connectivity index (χ3n) is 3.12. The number of nitrogens with one attached hydrogen (secondary N) is 1. The number of benzene rings is 2. The lowest BCUT2D eigenvalue weighted by molar-refractivity contribution is -0.384. The molecule has 1 N–H and O–H groups in total. The Kier molecular flexibility index (Phi) is 5.70. The van der Waals surface area contributed by atoms with Gasteiger partial charge < -0.3 is 10.1 Å². The highest BCUT2D eigenvalue weighted by Gasteiger charge is 2.11. The summed E-state index contributed by atoms with van der Waals surface area (Å²) in [5.41, 5.74) is 0.883. The fourth-order valence-corrected chi connectivity index (χ4v) is 2.40. The van der Waals surface area contributed by atoms with E-state index in [0.29, 0.717) is 0 Å². The zero-order valence-corrected chi connectivity index (χ0v) is 13.9. The zero-order chi connectivity index (χ0) is 16.8. The molecule has 120 valence electrons. The maximum Gasteiger partial charge on any atom is 0.273 e. The summed E-state index contributed by atoms with van der Waals surface area (Å²) >= 11 is 3.38. The highest BCUT2D eigenvalue weighted by atomic mass is 79.9. The Morgan fingerprint density at radius 3 is 2.74 bits per heavy atom. The summed E-state index contributed by atoms with van der Waals surface area (Å²) in [6.45, 7) is 1.66. The van der Waals surface area contributed by atoms with Crippen molar-refractivity contribution in [1.29, 1.82) is 0 Å². The second kappa shape index (κ2) is 7.73. The van der Waals surface area contributed by atoms with Gasteiger partial charge in [-0.05, 0) is 30.7 Å². The lowest BCUT2D eigenvalue weighted by Gasteiger charge is -2.15. The van der Waals surface area contributed by atoms with E-state index in [2.05, 4.69) is 21.2 Å². The number of carbonyl (C=O) groups is 1. The van der Waals surface area contributed by atoms with Crippen LogP contribution in [0.1, 0.15) is 18.5 Å². The number of nitrogens with zero attached hydrogens (tertiary/aromatic N) is 1. The van der Waals surface area contributed by atoms with Gasteiger partial charge in [0.1, 0.15) is 5.75 Å². The van der Waals surface area contributed by atoms with Crippen molar-refractivity contribution in [1.82, 2.24) is 5.32 Å². The molecule has 7 heteroatoms. The van der Waals surface area contributed by atoms with E-state index in [1.54, 1.807) is 6.07 Å². The fourth-order valence-electron chi connectivity index (χ4n) is 1.98. The Hall–Kier alpha value is -2.41. The molecular weight excluding hydrogens is 364 g/mol. The van der Waals surface area contributed by atoms with Crippen molar-refractivity contribution in [3.63, 3.8) is 0 Å². The Morgan fingerprint density at radius 1 is 1.30 bits per heavy atom. The first kappa shape index (κ1) is 17.0. The summed E-state index contributed by atoms with van der Waals surface area (Å²) in [6.07, 6.45) is 0. The second-order valence-electron chi connectivity index (χ2n) is 4.89. The zero-order valence-electron chi connectivity index (χ0n) is 12.4. The molecule has 0 saturated carbocycles. The molecule has 0 aliphatic heterocycles. The molecule has 0 unspecified atom stereocenters. The van der Waals surface area contributed by atoms with E-state index in [0.717, 1.165) is 10.0 Å². The summed E-state index contributed by atoms with van der Waals surface area (Å²) in [7, 11) is 0. The maximum absolute atomic E-state index is 11.9. The summed E-state index contributed by atoms with van der Waals surface area (Å²) in [4.78, 5) is 22.1. The number of hydrogen-bond donors (Lipinski definition) is 1. The fraction of sp³-hybridized carbons (Fsp3) is 0.188. The van der Waals surface area contributed by atoms with Crippen molar-refractivity contribution in [3.05, 3.63) is 68.7 Å². The molecule has 0 bridgehead atoms. The van der Waals surface area contributed by atoms with Crippen LogP contribution >= 0.6 is 15.9 Å². The molecule has 0 radical (unpaired) electrons. The number of nitro groups is 1. The maximum atomic E-state index is 11.9. The normalized spacial score (nSPS) is 11.6. The van der Waals surface area contributed by atoms with Crippen LogP contribution in [0.3, 0.4) is 0 Å². The minimum absolute atomic E-state index is 0.0783. The van der Waals surface area contributed by atoms with Crippen molar-refractivity contribution in [2.75, 3.05) is 6.61 Å². The molecule has 2 aromatic carbocycles. The highest BCUT2D eigenvalue weighted by Crippen LogP contribution is 2.20. The lowest BCUT2D eigenvalue weighted by Crippen LogP contribution is -2.31. The molecule has 0 aromatic heterocycles. The van der Waals surface area contributed by atoms with Gasteiger partial charge in [0.05, 0.1) is 17.0 Å². The van der Waals surface area contributed by atoms with Crippen molar-refractivity contribution in [2.45, 2.75) is 13.0 Å². The number of ether oxygens (including phenoxy) is 1. The predicted octanol–water partition coefficient (Wildman–Crippen LogP) is 3.61. The van der Waals surface area contributed by atoms with E-state index in [9.17, 15) is 14.9 Å². The van der Waals surface area contributed by atoms with Gasteiger partial charge in [0, 0.05) is 10.5 Å². The third-order valence-corrected chi connectivity index (χ3v) is 3.62. The first-order chi connectivity index (χ1) is 11.0. The molecule has 0 heterocycles. The number of non-ortho nitro benzene ring substituents is 1. The SMILES string of the molecule is C[C@@H](NC(=O)COc1cccc([N+](=O)[O-])c1)c1cccc(Br)c1. The summed E-state index contributed by atoms with van der Waals surface area (Å²) < 4.78 is 6.23. The quantitative estimate of drug-likeness (QED) is 0.614. The van der Waals surface area contributed by atoms with Crippen LogP contribution in [0, 0.1) is 10.1 Å². The first-order valence-electron chi connectivity index (χ1n) is 6.88. The summed E-state index contributed by atoms with van der Waals surface area (Å²) in [5, 5.41) is 13.5. The molecule has 0 aliphatic carbocycles. The summed E-state index contributed by atoms with van der Waals surface area (Å²) in [6, 6.07) is 13.2. The van der Waals surface area contributed by atoms with Crippen molar-refractivity contribution in [2.24, 2.45) is 0 Å². The molecular formula is C16H15BrN2O4. The van der Waals surface area contributed by atoms with Gasteiger partial charge in [-0.15, -0.1) is 0 Å². The molecule has 0 aliphatic rings. The molecule has 1 atom stereocenters. The van der Waals surface area contributed by atoms with Gasteiger partial charge in [-0.1, -0.05) is 34.1 Å². The van der Waals surface area contributed by atoms with E-state index < -0.39 is 4.92 Å². The minimum Gasteiger partial charge on any atom is -0.484 e.